The number of nitrogens with zero attached hydrogens (tertiary/aromatic N) is 1. The second-order valence-electron chi connectivity index (χ2n) is 9.26. The molecule has 3 aliphatic rings. The van der Waals surface area contributed by atoms with Crippen molar-refractivity contribution in [2.75, 3.05) is 18.6 Å². The van der Waals surface area contributed by atoms with Gasteiger partial charge in [0, 0.05) is 28.3 Å². The van der Waals surface area contributed by atoms with Crippen molar-refractivity contribution in [2.24, 2.45) is 5.41 Å². The molecule has 0 N–H and O–H groups in total. The maximum atomic E-state index is 14.4. The highest BCUT2D eigenvalue weighted by Crippen LogP contribution is 2.61. The van der Waals surface area contributed by atoms with Crippen molar-refractivity contribution >= 4 is 29.3 Å². The van der Waals surface area contributed by atoms with E-state index >= 15 is 0 Å². The predicted octanol–water partition coefficient (Wildman–Crippen LogP) is 4.69. The third kappa shape index (κ3) is 2.75. The maximum absolute atomic E-state index is 14.4. The van der Waals surface area contributed by atoms with Crippen molar-refractivity contribution < 1.29 is 23.9 Å². The van der Waals surface area contributed by atoms with E-state index < -0.39 is 29.4 Å². The van der Waals surface area contributed by atoms with Gasteiger partial charge in [0.15, 0.2) is 11.6 Å². The fourth-order valence-corrected chi connectivity index (χ4v) is 6.38. The molecule has 1 spiro atoms. The van der Waals surface area contributed by atoms with E-state index in [-0.39, 0.29) is 11.6 Å². The first kappa shape index (κ1) is 22.3. The Labute approximate surface area is 209 Å². The Morgan fingerprint density at radius 1 is 0.917 bits per heavy atom. The summed E-state index contributed by atoms with van der Waals surface area (Å²) in [6.45, 7) is 2.28. The van der Waals surface area contributed by atoms with Gasteiger partial charge >= 0.3 is 5.97 Å². The summed E-state index contributed by atoms with van der Waals surface area (Å²) in [7, 11) is 1.34. The summed E-state index contributed by atoms with van der Waals surface area (Å²) in [5.74, 6) is -1.34. The molecular weight excluding hydrogens is 454 g/mol. The highest BCUT2D eigenvalue weighted by Gasteiger charge is 2.72. The summed E-state index contributed by atoms with van der Waals surface area (Å²) in [5.41, 5.74) is 1.56. The van der Waals surface area contributed by atoms with Crippen LogP contribution in [0.2, 0.25) is 0 Å². The summed E-state index contributed by atoms with van der Waals surface area (Å²) in [5, 5.41) is 0. The van der Waals surface area contributed by atoms with Gasteiger partial charge < -0.3 is 14.4 Å². The molecule has 180 valence electrons. The van der Waals surface area contributed by atoms with Crippen LogP contribution in [0.4, 0.5) is 5.69 Å². The Kier molecular flexibility index (Phi) is 5.07. The van der Waals surface area contributed by atoms with Gasteiger partial charge in [-0.15, -0.1) is 0 Å². The molecule has 0 radical (unpaired) electrons. The number of fused-ring (bicyclic) bond motifs is 5. The number of esters is 1. The summed E-state index contributed by atoms with van der Waals surface area (Å²) in [4.78, 5) is 44.4. The van der Waals surface area contributed by atoms with E-state index in [1.54, 1.807) is 24.3 Å². The number of carbonyl (C=O) groups is 3. The minimum absolute atomic E-state index is 0.273. The topological polar surface area (TPSA) is 72.9 Å². The van der Waals surface area contributed by atoms with Gasteiger partial charge in [-0.05, 0) is 24.6 Å². The molecule has 0 bridgehead atoms. The molecule has 6 rings (SSSR count). The average Bonchev–Trinajstić information content (AvgIpc) is 3.35. The standard InChI is InChI=1S/C30H25NO5/c1-3-36-23-15-9-7-13-21(23)25-26(29(34)35-2)31-22-14-8-4-10-18(22)16-17-24(31)30(25)27(32)19-11-5-6-12-20(19)28(30)33/h4-17,24-26H,3H2,1-2H3/t24-,25-,26+/m1/s1. The largest absolute Gasteiger partial charge is 0.494 e. The van der Waals surface area contributed by atoms with Crippen LogP contribution in [0, 0.1) is 5.41 Å². The third-order valence-electron chi connectivity index (χ3n) is 7.71. The van der Waals surface area contributed by atoms with Crippen LogP contribution in [0.1, 0.15) is 44.7 Å². The van der Waals surface area contributed by atoms with E-state index in [4.69, 9.17) is 9.47 Å². The normalized spacial score (nSPS) is 22.8. The molecule has 0 saturated carbocycles. The summed E-state index contributed by atoms with van der Waals surface area (Å²) in [6.07, 6.45) is 3.83. The van der Waals surface area contributed by atoms with E-state index in [1.807, 2.05) is 72.5 Å². The lowest BCUT2D eigenvalue weighted by atomic mass is 9.64. The molecule has 1 fully saturated rings. The lowest BCUT2D eigenvalue weighted by molar-refractivity contribution is -0.142. The Hall–Kier alpha value is -4.19. The molecule has 1 aliphatic carbocycles. The molecule has 1 saturated heterocycles. The van der Waals surface area contributed by atoms with Gasteiger partial charge in [-0.25, -0.2) is 4.79 Å². The summed E-state index contributed by atoms with van der Waals surface area (Å²) < 4.78 is 11.3. The minimum atomic E-state index is -1.56. The zero-order chi connectivity index (χ0) is 25.0. The van der Waals surface area contributed by atoms with Crippen molar-refractivity contribution in [3.8, 4) is 5.75 Å². The predicted molar refractivity (Wildman–Crippen MR) is 135 cm³/mol. The van der Waals surface area contributed by atoms with E-state index in [2.05, 4.69) is 0 Å². The van der Waals surface area contributed by atoms with Crippen LogP contribution < -0.4 is 9.64 Å². The molecule has 3 aromatic carbocycles. The van der Waals surface area contributed by atoms with Gasteiger partial charge in [-0.1, -0.05) is 72.8 Å². The van der Waals surface area contributed by atoms with Crippen LogP contribution in [0.25, 0.3) is 6.08 Å². The van der Waals surface area contributed by atoms with Crippen LogP contribution in [-0.2, 0) is 9.53 Å². The van der Waals surface area contributed by atoms with Gasteiger partial charge in [0.05, 0.1) is 19.8 Å². The van der Waals surface area contributed by atoms with E-state index in [0.29, 0.717) is 29.0 Å². The molecule has 3 atom stereocenters. The molecule has 0 aromatic heterocycles. The number of carbonyl (C=O) groups excluding carboxylic acids is 3. The van der Waals surface area contributed by atoms with E-state index in [9.17, 15) is 14.4 Å². The van der Waals surface area contributed by atoms with Crippen LogP contribution in [-0.4, -0.2) is 43.3 Å². The molecule has 2 aliphatic heterocycles. The second kappa shape index (κ2) is 8.19. The van der Waals surface area contributed by atoms with Gasteiger partial charge in [0.25, 0.3) is 0 Å². The molecule has 3 aromatic rings. The van der Waals surface area contributed by atoms with E-state index in [0.717, 1.165) is 11.3 Å². The number of anilines is 1. The summed E-state index contributed by atoms with van der Waals surface area (Å²) >= 11 is 0. The van der Waals surface area contributed by atoms with Crippen LogP contribution in [0.15, 0.2) is 78.9 Å². The van der Waals surface area contributed by atoms with Gasteiger partial charge in [0.1, 0.15) is 17.2 Å². The lowest BCUT2D eigenvalue weighted by Crippen LogP contribution is -2.48. The van der Waals surface area contributed by atoms with Gasteiger partial charge in [0.2, 0.25) is 0 Å². The van der Waals surface area contributed by atoms with Crippen molar-refractivity contribution in [3.63, 3.8) is 0 Å². The van der Waals surface area contributed by atoms with Crippen molar-refractivity contribution in [1.82, 2.24) is 0 Å². The molecule has 36 heavy (non-hydrogen) atoms. The fraction of sp³-hybridized carbons (Fsp3) is 0.233. The monoisotopic (exact) mass is 479 g/mol. The van der Waals surface area contributed by atoms with Crippen LogP contribution in [0.5, 0.6) is 5.75 Å². The molecule has 0 unspecified atom stereocenters. The van der Waals surface area contributed by atoms with Crippen LogP contribution in [0.3, 0.4) is 0 Å². The maximum Gasteiger partial charge on any atom is 0.329 e. The van der Waals surface area contributed by atoms with Gasteiger partial charge in [-0.3, -0.25) is 9.59 Å². The summed E-state index contributed by atoms with van der Waals surface area (Å²) in [6, 6.07) is 20.4. The van der Waals surface area contributed by atoms with Gasteiger partial charge in [-0.2, -0.15) is 0 Å². The third-order valence-corrected chi connectivity index (χ3v) is 7.71. The smallest absolute Gasteiger partial charge is 0.329 e. The minimum Gasteiger partial charge on any atom is -0.494 e. The lowest BCUT2D eigenvalue weighted by Gasteiger charge is -2.36. The van der Waals surface area contributed by atoms with Crippen LogP contribution >= 0.6 is 0 Å². The number of benzene rings is 3. The first-order chi connectivity index (χ1) is 17.6. The number of ketones is 2. The number of para-hydroxylation sites is 2. The molecule has 6 nitrogen and oxygen atoms in total. The van der Waals surface area contributed by atoms with Crippen molar-refractivity contribution in [1.29, 1.82) is 0 Å². The van der Waals surface area contributed by atoms with Crippen molar-refractivity contribution in [2.45, 2.75) is 24.9 Å². The number of methoxy groups -OCH3 is 1. The Balaban J connectivity index is 1.70. The average molecular weight is 480 g/mol. The molecule has 2 heterocycles. The quantitative estimate of drug-likeness (QED) is 0.399. The zero-order valence-corrected chi connectivity index (χ0v) is 20.0. The number of rotatable bonds is 4. The second-order valence-corrected chi connectivity index (χ2v) is 9.26. The Morgan fingerprint density at radius 3 is 2.25 bits per heavy atom. The molecule has 0 amide bonds. The molecular formula is C30H25NO5. The Bertz CT molecular complexity index is 1410. The SMILES string of the molecule is CCOc1ccccc1[C@@H]1[C@@H](C(=O)OC)N2c3ccccc3C=C[C@@H]2C12C(=O)c1ccccc1C2=O. The number of ether oxygens (including phenoxy) is 2. The highest BCUT2D eigenvalue weighted by atomic mass is 16.5. The molecule has 6 heteroatoms. The first-order valence-electron chi connectivity index (χ1n) is 12.1. The number of Topliss-reactive ketones (excluding diaryl/α,β-unsaturated/α-hetero) is 2. The van der Waals surface area contributed by atoms with E-state index in [1.165, 1.54) is 7.11 Å². The fourth-order valence-electron chi connectivity index (χ4n) is 6.38. The van der Waals surface area contributed by atoms with Crippen molar-refractivity contribution in [3.05, 3.63) is 101 Å². The zero-order valence-electron chi connectivity index (χ0n) is 20.0. The first-order valence-corrected chi connectivity index (χ1v) is 12.1. The number of hydrogen-bond donors (Lipinski definition) is 0. The Morgan fingerprint density at radius 2 is 1.56 bits per heavy atom. The number of hydrogen-bond acceptors (Lipinski definition) is 6. The highest BCUT2D eigenvalue weighted by molar-refractivity contribution is 6.32.